The van der Waals surface area contributed by atoms with Gasteiger partial charge in [-0.1, -0.05) is 6.07 Å². The maximum atomic E-state index is 5.88. The number of hydrogen-bond donors (Lipinski definition) is 1. The minimum absolute atomic E-state index is 0.136. The molecule has 2 atom stereocenters. The number of rotatable bonds is 4. The Kier molecular flexibility index (Phi) is 4.04. The van der Waals surface area contributed by atoms with Crippen molar-refractivity contribution in [1.82, 2.24) is 9.55 Å². The van der Waals surface area contributed by atoms with Gasteiger partial charge in [0.15, 0.2) is 4.77 Å². The molecule has 0 bridgehead atoms. The largest absolute Gasteiger partial charge is 0.489 e. The summed E-state index contributed by atoms with van der Waals surface area (Å²) in [6.07, 6.45) is 2.60. The number of nitrogens with one attached hydrogen (secondary N) is 1. The first-order chi connectivity index (χ1) is 10.1. The van der Waals surface area contributed by atoms with E-state index < -0.39 is 0 Å². The molecule has 1 aliphatic rings. The predicted molar refractivity (Wildman–Crippen MR) is 86.6 cm³/mol. The summed E-state index contributed by atoms with van der Waals surface area (Å²) in [4.78, 5) is 3.30. The molecule has 0 spiro atoms. The highest BCUT2D eigenvalue weighted by Crippen LogP contribution is 2.31. The topological polar surface area (TPSA) is 39.2 Å². The second kappa shape index (κ2) is 5.81. The Balaban J connectivity index is 2.07. The van der Waals surface area contributed by atoms with Crippen LogP contribution in [-0.2, 0) is 4.74 Å². The van der Waals surface area contributed by atoms with Crippen molar-refractivity contribution in [3.05, 3.63) is 23.0 Å². The Hall–Kier alpha value is -1.33. The summed E-state index contributed by atoms with van der Waals surface area (Å²) in [5.41, 5.74) is 2.06. The standard InChI is InChI=1S/C16H22N2O2S/c1-10(2)20-14-7-4-6-12-15(14)17-16(21)18(12)11(3)13-8-5-9-19-13/h4,6-7,10-11,13H,5,8-9H2,1-3H3,(H,17,21). The maximum Gasteiger partial charge on any atom is 0.178 e. The number of aromatic nitrogens is 2. The van der Waals surface area contributed by atoms with Crippen LogP contribution in [-0.4, -0.2) is 28.4 Å². The van der Waals surface area contributed by atoms with Crippen LogP contribution < -0.4 is 4.74 Å². The van der Waals surface area contributed by atoms with E-state index in [-0.39, 0.29) is 18.2 Å². The molecule has 0 aliphatic carbocycles. The van der Waals surface area contributed by atoms with Crippen molar-refractivity contribution in [2.24, 2.45) is 0 Å². The van der Waals surface area contributed by atoms with Crippen molar-refractivity contribution in [3.8, 4) is 5.75 Å². The van der Waals surface area contributed by atoms with Gasteiger partial charge in [-0.15, -0.1) is 0 Å². The predicted octanol–water partition coefficient (Wildman–Crippen LogP) is 4.23. The number of hydrogen-bond acceptors (Lipinski definition) is 3. The lowest BCUT2D eigenvalue weighted by Crippen LogP contribution is -2.20. The van der Waals surface area contributed by atoms with E-state index in [0.29, 0.717) is 0 Å². The molecule has 0 saturated carbocycles. The molecule has 21 heavy (non-hydrogen) atoms. The maximum absolute atomic E-state index is 5.88. The molecule has 2 aromatic rings. The highest BCUT2D eigenvalue weighted by atomic mass is 32.1. The van der Waals surface area contributed by atoms with Crippen molar-refractivity contribution in [2.45, 2.75) is 51.9 Å². The summed E-state index contributed by atoms with van der Waals surface area (Å²) in [5, 5.41) is 0. The molecule has 1 N–H and O–H groups in total. The highest BCUT2D eigenvalue weighted by molar-refractivity contribution is 7.71. The van der Waals surface area contributed by atoms with E-state index in [1.54, 1.807) is 0 Å². The molecule has 114 valence electrons. The van der Waals surface area contributed by atoms with Crippen LogP contribution >= 0.6 is 12.2 Å². The van der Waals surface area contributed by atoms with Crippen LogP contribution in [0.15, 0.2) is 18.2 Å². The number of aromatic amines is 1. The van der Waals surface area contributed by atoms with E-state index in [2.05, 4.69) is 22.5 Å². The first-order valence-electron chi connectivity index (χ1n) is 7.59. The molecule has 3 rings (SSSR count). The summed E-state index contributed by atoms with van der Waals surface area (Å²) < 4.78 is 14.6. The molecule has 5 heteroatoms. The van der Waals surface area contributed by atoms with Gasteiger partial charge in [-0.3, -0.25) is 0 Å². The second-order valence-corrected chi connectivity index (χ2v) is 6.30. The van der Waals surface area contributed by atoms with Crippen LogP contribution in [0.5, 0.6) is 5.75 Å². The Bertz CT molecular complexity index is 683. The fraction of sp³-hybridized carbons (Fsp3) is 0.562. The van der Waals surface area contributed by atoms with Crippen LogP contribution in [0.4, 0.5) is 0 Å². The first-order valence-corrected chi connectivity index (χ1v) is 8.00. The average Bonchev–Trinajstić information content (AvgIpc) is 3.05. The minimum Gasteiger partial charge on any atom is -0.489 e. The molecule has 4 nitrogen and oxygen atoms in total. The number of ether oxygens (including phenoxy) is 2. The van der Waals surface area contributed by atoms with Crippen molar-refractivity contribution in [3.63, 3.8) is 0 Å². The van der Waals surface area contributed by atoms with Gasteiger partial charge in [0.05, 0.1) is 23.8 Å². The number of para-hydroxylation sites is 1. The molecular formula is C16H22N2O2S. The van der Waals surface area contributed by atoms with Gasteiger partial charge in [0.25, 0.3) is 0 Å². The van der Waals surface area contributed by atoms with Crippen LogP contribution in [0, 0.1) is 4.77 Å². The van der Waals surface area contributed by atoms with Gasteiger partial charge < -0.3 is 19.0 Å². The Morgan fingerprint density at radius 1 is 1.38 bits per heavy atom. The van der Waals surface area contributed by atoms with Crippen LogP contribution in [0.3, 0.4) is 0 Å². The van der Waals surface area contributed by atoms with E-state index in [4.69, 9.17) is 21.7 Å². The van der Waals surface area contributed by atoms with Crippen LogP contribution in [0.25, 0.3) is 11.0 Å². The van der Waals surface area contributed by atoms with Crippen LogP contribution in [0.2, 0.25) is 0 Å². The van der Waals surface area contributed by atoms with E-state index in [1.807, 2.05) is 26.0 Å². The lowest BCUT2D eigenvalue weighted by molar-refractivity contribution is 0.0741. The third kappa shape index (κ3) is 2.72. The smallest absolute Gasteiger partial charge is 0.178 e. The molecule has 1 saturated heterocycles. The van der Waals surface area contributed by atoms with Gasteiger partial charge in [-0.25, -0.2) is 0 Å². The van der Waals surface area contributed by atoms with Gasteiger partial charge in [0, 0.05) is 6.61 Å². The lowest BCUT2D eigenvalue weighted by atomic mass is 10.1. The van der Waals surface area contributed by atoms with Gasteiger partial charge in [-0.05, 0) is 58.0 Å². The summed E-state index contributed by atoms with van der Waals surface area (Å²) >= 11 is 5.53. The number of benzene rings is 1. The van der Waals surface area contributed by atoms with E-state index in [0.717, 1.165) is 41.0 Å². The van der Waals surface area contributed by atoms with Gasteiger partial charge in [0.2, 0.25) is 0 Å². The third-order valence-electron chi connectivity index (χ3n) is 3.99. The Labute approximate surface area is 130 Å². The van der Waals surface area contributed by atoms with Gasteiger partial charge in [-0.2, -0.15) is 0 Å². The molecule has 0 radical (unpaired) electrons. The number of H-pyrrole nitrogens is 1. The van der Waals surface area contributed by atoms with Crippen molar-refractivity contribution in [1.29, 1.82) is 0 Å². The lowest BCUT2D eigenvalue weighted by Gasteiger charge is -2.21. The third-order valence-corrected chi connectivity index (χ3v) is 4.29. The van der Waals surface area contributed by atoms with Crippen molar-refractivity contribution < 1.29 is 9.47 Å². The molecule has 2 unspecified atom stereocenters. The quantitative estimate of drug-likeness (QED) is 0.859. The molecular weight excluding hydrogens is 284 g/mol. The SMILES string of the molecule is CC(C)Oc1cccc2c1[nH]c(=S)n2C(C)C1CCCO1. The molecule has 1 aromatic heterocycles. The average molecular weight is 306 g/mol. The molecule has 0 amide bonds. The number of nitrogens with zero attached hydrogens (tertiary/aromatic N) is 1. The monoisotopic (exact) mass is 306 g/mol. The first kappa shape index (κ1) is 14.6. The minimum atomic E-state index is 0.136. The Morgan fingerprint density at radius 2 is 2.19 bits per heavy atom. The summed E-state index contributed by atoms with van der Waals surface area (Å²) in [7, 11) is 0. The molecule has 2 heterocycles. The fourth-order valence-corrected chi connectivity index (χ4v) is 3.39. The van der Waals surface area contributed by atoms with E-state index in [1.165, 1.54) is 0 Å². The zero-order valence-electron chi connectivity index (χ0n) is 12.8. The summed E-state index contributed by atoms with van der Waals surface area (Å²) in [6, 6.07) is 6.30. The Morgan fingerprint density at radius 3 is 2.86 bits per heavy atom. The van der Waals surface area contributed by atoms with E-state index in [9.17, 15) is 0 Å². The molecule has 1 fully saturated rings. The summed E-state index contributed by atoms with van der Waals surface area (Å²) in [6.45, 7) is 7.08. The van der Waals surface area contributed by atoms with Crippen LogP contribution in [0.1, 0.15) is 39.7 Å². The van der Waals surface area contributed by atoms with Gasteiger partial charge in [0.1, 0.15) is 11.3 Å². The van der Waals surface area contributed by atoms with E-state index >= 15 is 0 Å². The van der Waals surface area contributed by atoms with Crippen molar-refractivity contribution in [2.75, 3.05) is 6.61 Å². The summed E-state index contributed by atoms with van der Waals surface area (Å²) in [5.74, 6) is 0.854. The fourth-order valence-electron chi connectivity index (χ4n) is 3.03. The number of fused-ring (bicyclic) bond motifs is 1. The van der Waals surface area contributed by atoms with Crippen molar-refractivity contribution >= 4 is 23.3 Å². The molecule has 1 aromatic carbocycles. The molecule has 1 aliphatic heterocycles. The number of imidazole rings is 1. The van der Waals surface area contributed by atoms with Gasteiger partial charge >= 0.3 is 0 Å². The highest BCUT2D eigenvalue weighted by Gasteiger charge is 2.26. The zero-order valence-corrected chi connectivity index (χ0v) is 13.6. The second-order valence-electron chi connectivity index (χ2n) is 5.91. The normalized spacial score (nSPS) is 20.3. The zero-order chi connectivity index (χ0) is 15.0.